The Morgan fingerprint density at radius 1 is 1.44 bits per heavy atom. The van der Waals surface area contributed by atoms with Gasteiger partial charge in [0.05, 0.1) is 0 Å². The van der Waals surface area contributed by atoms with Crippen LogP contribution in [0.4, 0.5) is 0 Å². The number of nitrogens with zero attached hydrogens (tertiary/aromatic N) is 1. The van der Waals surface area contributed by atoms with Crippen LogP contribution in [0.5, 0.6) is 0 Å². The average Bonchev–Trinajstić information content (AvgIpc) is 2.24. The predicted octanol–water partition coefficient (Wildman–Crippen LogP) is 1.63. The molecule has 4 N–H and O–H groups in total. The van der Waals surface area contributed by atoms with Crippen molar-refractivity contribution in [1.29, 1.82) is 0 Å². The van der Waals surface area contributed by atoms with E-state index in [1.165, 1.54) is 25.7 Å². The molecule has 0 aliphatic heterocycles. The first-order chi connectivity index (χ1) is 7.61. The standard InChI is InChI=1S/C12H26N4/c1-9(2)15-12(16-13)14-8-11-6-4-5-10(3)7-11/h9-11H,4-8,13H2,1-3H3,(H2,14,15,16). The SMILES string of the molecule is CC1CCCC(CN=C(NN)NC(C)C)C1. The fraction of sp³-hybridized carbons (Fsp3) is 0.917. The minimum absolute atomic E-state index is 0.361. The van der Waals surface area contributed by atoms with Gasteiger partial charge in [-0.1, -0.05) is 19.8 Å². The molecule has 0 aromatic rings. The van der Waals surface area contributed by atoms with Gasteiger partial charge in [-0.15, -0.1) is 0 Å². The van der Waals surface area contributed by atoms with Crippen molar-refractivity contribution in [2.24, 2.45) is 22.7 Å². The number of hydrazine groups is 1. The highest BCUT2D eigenvalue weighted by Crippen LogP contribution is 2.28. The minimum atomic E-state index is 0.361. The summed E-state index contributed by atoms with van der Waals surface area (Å²) in [5.74, 6) is 7.74. The van der Waals surface area contributed by atoms with E-state index in [1.54, 1.807) is 0 Å². The van der Waals surface area contributed by atoms with E-state index in [4.69, 9.17) is 5.84 Å². The van der Waals surface area contributed by atoms with Crippen molar-refractivity contribution in [3.8, 4) is 0 Å². The van der Waals surface area contributed by atoms with Crippen molar-refractivity contribution in [1.82, 2.24) is 10.7 Å². The molecule has 0 bridgehead atoms. The number of hydrogen-bond acceptors (Lipinski definition) is 2. The van der Waals surface area contributed by atoms with Gasteiger partial charge in [0.1, 0.15) is 0 Å². The molecule has 16 heavy (non-hydrogen) atoms. The summed E-state index contributed by atoms with van der Waals surface area (Å²) in [6.45, 7) is 7.39. The summed E-state index contributed by atoms with van der Waals surface area (Å²) < 4.78 is 0. The van der Waals surface area contributed by atoms with Crippen LogP contribution in [0.15, 0.2) is 4.99 Å². The van der Waals surface area contributed by atoms with Gasteiger partial charge in [-0.2, -0.15) is 0 Å². The molecular weight excluding hydrogens is 200 g/mol. The lowest BCUT2D eigenvalue weighted by atomic mass is 9.82. The monoisotopic (exact) mass is 226 g/mol. The van der Waals surface area contributed by atoms with E-state index in [-0.39, 0.29) is 0 Å². The number of nitrogens with one attached hydrogen (secondary N) is 2. The van der Waals surface area contributed by atoms with Crippen molar-refractivity contribution in [2.75, 3.05) is 6.54 Å². The highest BCUT2D eigenvalue weighted by Gasteiger charge is 2.18. The van der Waals surface area contributed by atoms with Gasteiger partial charge in [0.15, 0.2) is 0 Å². The molecule has 1 aliphatic rings. The maximum absolute atomic E-state index is 5.42. The largest absolute Gasteiger partial charge is 0.353 e. The zero-order valence-electron chi connectivity index (χ0n) is 10.8. The third-order valence-corrected chi connectivity index (χ3v) is 3.11. The van der Waals surface area contributed by atoms with Crippen LogP contribution >= 0.6 is 0 Å². The maximum atomic E-state index is 5.42. The van der Waals surface area contributed by atoms with E-state index in [2.05, 4.69) is 36.5 Å². The van der Waals surface area contributed by atoms with E-state index in [9.17, 15) is 0 Å². The molecule has 0 amide bonds. The van der Waals surface area contributed by atoms with E-state index in [0.717, 1.165) is 18.4 Å². The van der Waals surface area contributed by atoms with Crippen molar-refractivity contribution < 1.29 is 0 Å². The number of rotatable bonds is 3. The van der Waals surface area contributed by atoms with E-state index < -0.39 is 0 Å². The fourth-order valence-electron chi connectivity index (χ4n) is 2.35. The smallest absolute Gasteiger partial charge is 0.205 e. The second-order valence-corrected chi connectivity index (χ2v) is 5.27. The Hall–Kier alpha value is -0.770. The molecule has 4 nitrogen and oxygen atoms in total. The Bertz CT molecular complexity index is 225. The molecule has 1 rings (SSSR count). The van der Waals surface area contributed by atoms with E-state index in [0.29, 0.717) is 12.0 Å². The predicted molar refractivity (Wildman–Crippen MR) is 69.0 cm³/mol. The van der Waals surface area contributed by atoms with Crippen LogP contribution < -0.4 is 16.6 Å². The number of guanidine groups is 1. The Balaban J connectivity index is 2.37. The molecule has 0 heterocycles. The second-order valence-electron chi connectivity index (χ2n) is 5.27. The Kier molecular flexibility index (Phi) is 5.60. The van der Waals surface area contributed by atoms with Crippen molar-refractivity contribution >= 4 is 5.96 Å². The Morgan fingerprint density at radius 3 is 2.75 bits per heavy atom. The van der Waals surface area contributed by atoms with Crippen LogP contribution in [0.2, 0.25) is 0 Å². The van der Waals surface area contributed by atoms with Crippen LogP contribution in [0.3, 0.4) is 0 Å². The molecule has 1 aliphatic carbocycles. The molecule has 2 unspecified atom stereocenters. The lowest BCUT2D eigenvalue weighted by Crippen LogP contribution is -2.44. The molecule has 0 radical (unpaired) electrons. The van der Waals surface area contributed by atoms with Gasteiger partial charge in [-0.05, 0) is 38.5 Å². The minimum Gasteiger partial charge on any atom is -0.353 e. The summed E-state index contributed by atoms with van der Waals surface area (Å²) >= 11 is 0. The highest BCUT2D eigenvalue weighted by atomic mass is 15.3. The lowest BCUT2D eigenvalue weighted by molar-refractivity contribution is 0.289. The highest BCUT2D eigenvalue weighted by molar-refractivity contribution is 5.79. The first kappa shape index (κ1) is 13.3. The molecule has 0 aromatic carbocycles. The quantitative estimate of drug-likeness (QED) is 0.297. The molecule has 1 saturated carbocycles. The number of hydrogen-bond donors (Lipinski definition) is 3. The lowest BCUT2D eigenvalue weighted by Gasteiger charge is -2.25. The molecule has 0 spiro atoms. The van der Waals surface area contributed by atoms with Crippen molar-refractivity contribution in [3.05, 3.63) is 0 Å². The van der Waals surface area contributed by atoms with Crippen LogP contribution in [0.1, 0.15) is 46.5 Å². The van der Waals surface area contributed by atoms with Crippen LogP contribution in [0.25, 0.3) is 0 Å². The molecular formula is C12H26N4. The second kappa shape index (κ2) is 6.74. The van der Waals surface area contributed by atoms with E-state index >= 15 is 0 Å². The maximum Gasteiger partial charge on any atom is 0.205 e. The van der Waals surface area contributed by atoms with E-state index in [1.807, 2.05) is 0 Å². The zero-order valence-corrected chi connectivity index (χ0v) is 10.8. The summed E-state index contributed by atoms with van der Waals surface area (Å²) in [6, 6.07) is 0.361. The Morgan fingerprint density at radius 2 is 2.19 bits per heavy atom. The van der Waals surface area contributed by atoms with Gasteiger partial charge in [-0.25, -0.2) is 5.84 Å². The first-order valence-electron chi connectivity index (χ1n) is 6.39. The normalized spacial score (nSPS) is 26.9. The van der Waals surface area contributed by atoms with Gasteiger partial charge in [0.2, 0.25) is 5.96 Å². The van der Waals surface area contributed by atoms with Gasteiger partial charge >= 0.3 is 0 Å². The number of aliphatic imine (C=N–C) groups is 1. The summed E-state index contributed by atoms with van der Waals surface area (Å²) in [4.78, 5) is 4.51. The third kappa shape index (κ3) is 4.84. The van der Waals surface area contributed by atoms with Crippen molar-refractivity contribution in [2.45, 2.75) is 52.5 Å². The topological polar surface area (TPSA) is 62.4 Å². The number of nitrogens with two attached hydrogens (primary N) is 1. The average molecular weight is 226 g/mol. The van der Waals surface area contributed by atoms with Gasteiger partial charge in [-0.3, -0.25) is 10.4 Å². The summed E-state index contributed by atoms with van der Waals surface area (Å²) in [7, 11) is 0. The fourth-order valence-corrected chi connectivity index (χ4v) is 2.35. The summed E-state index contributed by atoms with van der Waals surface area (Å²) in [6.07, 6.45) is 5.35. The molecule has 1 fully saturated rings. The Labute approximate surface area is 99.1 Å². The molecule has 94 valence electrons. The van der Waals surface area contributed by atoms with Crippen LogP contribution in [0, 0.1) is 11.8 Å². The van der Waals surface area contributed by atoms with Gasteiger partial charge in [0.25, 0.3) is 0 Å². The zero-order chi connectivity index (χ0) is 12.0. The van der Waals surface area contributed by atoms with Gasteiger partial charge < -0.3 is 5.32 Å². The summed E-state index contributed by atoms with van der Waals surface area (Å²) in [5, 5.41) is 3.19. The van der Waals surface area contributed by atoms with Crippen LogP contribution in [-0.4, -0.2) is 18.5 Å². The van der Waals surface area contributed by atoms with Crippen LogP contribution in [-0.2, 0) is 0 Å². The molecule has 0 aromatic heterocycles. The van der Waals surface area contributed by atoms with Gasteiger partial charge in [0, 0.05) is 12.6 Å². The molecule has 4 heteroatoms. The summed E-state index contributed by atoms with van der Waals surface area (Å²) in [5.41, 5.74) is 2.62. The first-order valence-corrected chi connectivity index (χ1v) is 6.39. The molecule has 0 saturated heterocycles. The molecule has 2 atom stereocenters. The van der Waals surface area contributed by atoms with Crippen molar-refractivity contribution in [3.63, 3.8) is 0 Å². The third-order valence-electron chi connectivity index (χ3n) is 3.11.